The van der Waals surface area contributed by atoms with E-state index in [1.807, 2.05) is 24.3 Å². The normalized spacial score (nSPS) is 15.1. The monoisotopic (exact) mass is 384 g/mol. The van der Waals surface area contributed by atoms with Gasteiger partial charge in [-0.3, -0.25) is 4.79 Å². The molecule has 10 heteroatoms. The third kappa shape index (κ3) is 2.49. The van der Waals surface area contributed by atoms with Gasteiger partial charge < -0.3 is 24.3 Å². The highest BCUT2D eigenvalue weighted by Gasteiger charge is 2.37. The minimum absolute atomic E-state index is 0.0449. The van der Waals surface area contributed by atoms with E-state index >= 15 is 0 Å². The topological polar surface area (TPSA) is 113 Å². The van der Waals surface area contributed by atoms with Crippen LogP contribution in [0.25, 0.3) is 5.52 Å². The molecule has 0 aliphatic carbocycles. The van der Waals surface area contributed by atoms with Gasteiger partial charge in [0.2, 0.25) is 11.7 Å². The number of para-hydroxylation sites is 1. The number of aromatic nitrogens is 3. The first kappa shape index (κ1) is 17.6. The maximum Gasteiger partial charge on any atom is 0.515 e. The fourth-order valence-electron chi connectivity index (χ4n) is 3.31. The molecular weight excluding hydrogens is 368 g/mol. The lowest BCUT2D eigenvalue weighted by Crippen LogP contribution is -2.16. The van der Waals surface area contributed by atoms with Crippen LogP contribution in [0.1, 0.15) is 17.2 Å². The van der Waals surface area contributed by atoms with Crippen molar-refractivity contribution in [3.63, 3.8) is 0 Å². The van der Waals surface area contributed by atoms with Crippen LogP contribution in [0.5, 0.6) is 17.4 Å². The number of nitrogens with one attached hydrogen (secondary N) is 1. The molecule has 0 fully saturated rings. The molecule has 0 bridgehead atoms. The molecule has 1 N–H and O–H groups in total. The van der Waals surface area contributed by atoms with Crippen LogP contribution < -0.4 is 19.5 Å². The highest BCUT2D eigenvalue weighted by Crippen LogP contribution is 2.47. The first-order chi connectivity index (χ1) is 13.6. The summed E-state index contributed by atoms with van der Waals surface area (Å²) in [6.45, 7) is 0. The number of ether oxygens (including phenoxy) is 4. The van der Waals surface area contributed by atoms with Crippen LogP contribution in [0.4, 0.5) is 10.5 Å². The number of anilines is 1. The number of methoxy groups -OCH3 is 3. The number of fused-ring (bicyclic) bond motifs is 2. The molecule has 1 unspecified atom stereocenters. The molecule has 0 radical (unpaired) electrons. The summed E-state index contributed by atoms with van der Waals surface area (Å²) in [4.78, 5) is 28.7. The van der Waals surface area contributed by atoms with Crippen molar-refractivity contribution in [2.75, 3.05) is 26.6 Å². The van der Waals surface area contributed by atoms with Gasteiger partial charge >= 0.3 is 6.16 Å². The Balaban J connectivity index is 1.99. The van der Waals surface area contributed by atoms with E-state index < -0.39 is 12.1 Å². The molecule has 0 spiro atoms. The van der Waals surface area contributed by atoms with Crippen LogP contribution >= 0.6 is 0 Å². The Labute approximate surface area is 159 Å². The first-order valence-corrected chi connectivity index (χ1v) is 8.23. The van der Waals surface area contributed by atoms with Gasteiger partial charge in [0.15, 0.2) is 5.75 Å². The molecule has 1 aliphatic heterocycles. The first-order valence-electron chi connectivity index (χ1n) is 8.23. The molecule has 1 atom stereocenters. The fraction of sp³-hybridized carbons (Fsp3) is 0.222. The largest absolute Gasteiger partial charge is 0.515 e. The van der Waals surface area contributed by atoms with Crippen LogP contribution in [0, 0.1) is 0 Å². The van der Waals surface area contributed by atoms with Crippen molar-refractivity contribution in [2.24, 2.45) is 0 Å². The van der Waals surface area contributed by atoms with Gasteiger partial charge in [0, 0.05) is 5.69 Å². The average molecular weight is 384 g/mol. The van der Waals surface area contributed by atoms with E-state index in [2.05, 4.69) is 20.1 Å². The van der Waals surface area contributed by atoms with Crippen molar-refractivity contribution in [3.05, 3.63) is 41.9 Å². The summed E-state index contributed by atoms with van der Waals surface area (Å²) in [5.74, 6) is -0.618. The van der Waals surface area contributed by atoms with Crippen LogP contribution in [0.3, 0.4) is 0 Å². The molecule has 144 valence electrons. The highest BCUT2D eigenvalue weighted by molar-refractivity contribution is 6.06. The van der Waals surface area contributed by atoms with E-state index in [1.54, 1.807) is 0 Å². The average Bonchev–Trinajstić information content (AvgIpc) is 3.21. The lowest BCUT2D eigenvalue weighted by atomic mass is 9.96. The molecule has 4 rings (SSSR count). The number of hydrogen-bond acceptors (Lipinski definition) is 8. The van der Waals surface area contributed by atoms with Gasteiger partial charge in [-0.1, -0.05) is 18.2 Å². The number of benzene rings is 1. The Hall–Kier alpha value is -3.82. The number of hydrogen-bond donors (Lipinski definition) is 1. The minimum atomic E-state index is -0.954. The zero-order chi connectivity index (χ0) is 19.8. The molecule has 0 saturated heterocycles. The van der Waals surface area contributed by atoms with Crippen molar-refractivity contribution in [2.45, 2.75) is 5.92 Å². The molecule has 1 amide bonds. The van der Waals surface area contributed by atoms with Crippen LogP contribution in [-0.2, 0) is 9.53 Å². The van der Waals surface area contributed by atoms with Crippen LogP contribution in [0.15, 0.2) is 30.6 Å². The summed E-state index contributed by atoms with van der Waals surface area (Å²) >= 11 is 0. The van der Waals surface area contributed by atoms with Crippen molar-refractivity contribution in [3.8, 4) is 17.4 Å². The molecular formula is C18H16N4O6. The predicted molar refractivity (Wildman–Crippen MR) is 96.0 cm³/mol. The van der Waals surface area contributed by atoms with Gasteiger partial charge in [-0.2, -0.15) is 9.61 Å². The Morgan fingerprint density at radius 2 is 1.89 bits per heavy atom. The second-order valence-corrected chi connectivity index (χ2v) is 5.84. The van der Waals surface area contributed by atoms with E-state index in [9.17, 15) is 9.59 Å². The molecule has 2 aromatic heterocycles. The zero-order valence-electron chi connectivity index (χ0n) is 15.3. The van der Waals surface area contributed by atoms with E-state index in [0.29, 0.717) is 16.9 Å². The molecule has 1 aromatic carbocycles. The van der Waals surface area contributed by atoms with Crippen molar-refractivity contribution >= 4 is 23.3 Å². The third-order valence-electron chi connectivity index (χ3n) is 4.45. The quantitative estimate of drug-likeness (QED) is 0.680. The standard InChI is InChI=1S/C18H16N4O6/c1-25-14-13-12(11-9-6-4-5-7-10(9)21-16(11)23)19-8-20-22(13)17(15(14)26-2)28-18(24)27-3/h4-8,11H,1-3H3,(H,21,23). The van der Waals surface area contributed by atoms with E-state index in [-0.39, 0.29) is 23.3 Å². The summed E-state index contributed by atoms with van der Waals surface area (Å²) in [5.41, 5.74) is 2.20. The van der Waals surface area contributed by atoms with Gasteiger partial charge in [0.25, 0.3) is 5.88 Å². The summed E-state index contributed by atoms with van der Waals surface area (Å²) in [5, 5.41) is 6.98. The lowest BCUT2D eigenvalue weighted by Gasteiger charge is -2.11. The minimum Gasteiger partial charge on any atom is -0.491 e. The van der Waals surface area contributed by atoms with Crippen molar-refractivity contribution in [1.82, 2.24) is 14.6 Å². The van der Waals surface area contributed by atoms with Gasteiger partial charge in [-0.25, -0.2) is 9.78 Å². The Morgan fingerprint density at radius 3 is 2.61 bits per heavy atom. The number of nitrogens with zero attached hydrogens (tertiary/aromatic N) is 3. The fourth-order valence-corrected chi connectivity index (χ4v) is 3.31. The molecule has 0 saturated carbocycles. The highest BCUT2D eigenvalue weighted by atomic mass is 16.7. The van der Waals surface area contributed by atoms with Gasteiger partial charge in [0.1, 0.15) is 17.8 Å². The Bertz CT molecular complexity index is 1090. The third-order valence-corrected chi connectivity index (χ3v) is 4.45. The number of amides is 1. The van der Waals surface area contributed by atoms with E-state index in [1.165, 1.54) is 32.2 Å². The van der Waals surface area contributed by atoms with Gasteiger partial charge in [0.05, 0.1) is 27.0 Å². The summed E-state index contributed by atoms with van der Waals surface area (Å²) in [7, 11) is 4.01. The maximum atomic E-state index is 12.7. The van der Waals surface area contributed by atoms with E-state index in [0.717, 1.165) is 5.56 Å². The van der Waals surface area contributed by atoms with Crippen LogP contribution in [-0.4, -0.2) is 48.0 Å². The predicted octanol–water partition coefficient (Wildman–Crippen LogP) is 1.98. The molecule has 3 aromatic rings. The van der Waals surface area contributed by atoms with Gasteiger partial charge in [-0.15, -0.1) is 0 Å². The molecule has 10 nitrogen and oxygen atoms in total. The van der Waals surface area contributed by atoms with Crippen molar-refractivity contribution < 1.29 is 28.5 Å². The summed E-state index contributed by atoms with van der Waals surface area (Å²) in [6.07, 6.45) is 0.309. The second-order valence-electron chi connectivity index (χ2n) is 5.84. The number of carbonyl (C=O) groups excluding carboxylic acids is 2. The van der Waals surface area contributed by atoms with E-state index in [4.69, 9.17) is 14.2 Å². The number of carbonyl (C=O) groups is 2. The summed E-state index contributed by atoms with van der Waals surface area (Å²) < 4.78 is 21.9. The smallest absolute Gasteiger partial charge is 0.491 e. The lowest BCUT2D eigenvalue weighted by molar-refractivity contribution is -0.116. The number of rotatable bonds is 4. The molecule has 3 heterocycles. The molecule has 28 heavy (non-hydrogen) atoms. The SMILES string of the molecule is COC(=O)Oc1c(OC)c(OC)c2c(C3C(=O)Nc4ccccc43)ncnn12. The zero-order valence-corrected chi connectivity index (χ0v) is 15.3. The summed E-state index contributed by atoms with van der Waals surface area (Å²) in [6, 6.07) is 7.33. The van der Waals surface area contributed by atoms with Crippen LogP contribution in [0.2, 0.25) is 0 Å². The second kappa shape index (κ2) is 6.72. The maximum absolute atomic E-state index is 12.7. The Kier molecular flexibility index (Phi) is 4.22. The Morgan fingerprint density at radius 1 is 1.14 bits per heavy atom. The van der Waals surface area contributed by atoms with Crippen molar-refractivity contribution in [1.29, 1.82) is 0 Å². The van der Waals surface area contributed by atoms with Gasteiger partial charge in [-0.05, 0) is 11.6 Å². The molecule has 1 aliphatic rings.